The van der Waals surface area contributed by atoms with Gasteiger partial charge in [-0.15, -0.1) is 0 Å². The van der Waals surface area contributed by atoms with Crippen LogP contribution in [0.4, 0.5) is 17.1 Å². The summed E-state index contributed by atoms with van der Waals surface area (Å²) in [6, 6.07) is 12.4. The van der Waals surface area contributed by atoms with Crippen molar-refractivity contribution in [2.45, 2.75) is 68.7 Å². The van der Waals surface area contributed by atoms with Gasteiger partial charge in [-0.25, -0.2) is 0 Å². The van der Waals surface area contributed by atoms with E-state index in [1.165, 1.54) is 25.7 Å². The van der Waals surface area contributed by atoms with E-state index in [0.29, 0.717) is 56.1 Å². The molecule has 3 aromatic rings. The van der Waals surface area contributed by atoms with Crippen LogP contribution in [0.25, 0.3) is 0 Å². The van der Waals surface area contributed by atoms with Gasteiger partial charge in [0, 0.05) is 42.2 Å². The minimum Gasteiger partial charge on any atom is -0.325 e. The Balaban J connectivity index is 0.000000761. The van der Waals surface area contributed by atoms with E-state index in [-0.39, 0.29) is 40.0 Å². The first-order chi connectivity index (χ1) is 24.1. The summed E-state index contributed by atoms with van der Waals surface area (Å²) in [7, 11) is 3.66. The number of hydrogen-bond donors (Lipinski definition) is 3. The number of carbonyl (C=O) groups is 3. The number of carbonyl (C=O) groups excluding carboxylic acids is 3. The highest BCUT2D eigenvalue weighted by atomic mass is 35.5. The van der Waals surface area contributed by atoms with Gasteiger partial charge in [-0.1, -0.05) is 86.4 Å². The fourth-order valence-electron chi connectivity index (χ4n) is 5.28. The lowest BCUT2D eigenvalue weighted by molar-refractivity contribution is -0.117. The molecule has 3 amide bonds. The van der Waals surface area contributed by atoms with Crippen molar-refractivity contribution in [3.05, 3.63) is 84.3 Å². The minimum atomic E-state index is -0.0963. The van der Waals surface area contributed by atoms with Crippen LogP contribution in [0.3, 0.4) is 0 Å². The fourth-order valence-corrected chi connectivity index (χ4v) is 6.44. The standard InChI is InChI=1S/C13H16Cl2N2O.C13H17ClN2O.C11H14Cl2N2O.3CH4/c1-9-11(14)6-10(7-12(9)15)16-13(18)8-17-4-2-3-5-17;1-10-4-5-11(8-12(10)14)15-13(17)9-16-6-2-3-7-16;1-7-9(12)4-8(5-10(7)13)14-11(16)6-15(2)3;;;/h6-7H,2-5,8H2,1H3,(H,16,18);4-5,8H,2-3,6-7,9H2,1H3,(H,15,17);4-5H,6H2,1-3H3,(H,14,16);3*1H4. The number of hydrogen-bond acceptors (Lipinski definition) is 6. The molecule has 0 saturated carbocycles. The van der Waals surface area contributed by atoms with Gasteiger partial charge in [0.1, 0.15) is 0 Å². The van der Waals surface area contributed by atoms with E-state index in [1.807, 2.05) is 47.0 Å². The number of rotatable bonds is 9. The Morgan fingerprint density at radius 1 is 0.556 bits per heavy atom. The van der Waals surface area contributed by atoms with Crippen LogP contribution in [-0.4, -0.2) is 92.3 Å². The highest BCUT2D eigenvalue weighted by molar-refractivity contribution is 6.37. The summed E-state index contributed by atoms with van der Waals surface area (Å²) in [6.45, 7) is 10.9. The monoisotopic (exact) mass is 846 g/mol. The molecule has 2 fully saturated rings. The first-order valence-corrected chi connectivity index (χ1v) is 18.7. The zero-order valence-electron chi connectivity index (χ0n) is 29.8. The van der Waals surface area contributed by atoms with E-state index in [0.717, 1.165) is 48.6 Å². The molecule has 0 unspecified atom stereocenters. The molecular weight excluding hydrogens is 790 g/mol. The molecule has 0 aliphatic carbocycles. The van der Waals surface area contributed by atoms with E-state index in [1.54, 1.807) is 35.2 Å². The molecule has 0 aromatic heterocycles. The fraction of sp³-hybridized carbons (Fsp3) is 0.475. The zero-order chi connectivity index (χ0) is 37.7. The van der Waals surface area contributed by atoms with Crippen molar-refractivity contribution in [3.8, 4) is 0 Å². The second-order valence-corrected chi connectivity index (χ2v) is 15.0. The second-order valence-electron chi connectivity index (χ2n) is 12.9. The third kappa shape index (κ3) is 17.9. The minimum absolute atomic E-state index is 0. The molecule has 9 nitrogen and oxygen atoms in total. The molecule has 2 aliphatic heterocycles. The molecule has 0 bridgehead atoms. The van der Waals surface area contributed by atoms with Crippen LogP contribution >= 0.6 is 58.0 Å². The van der Waals surface area contributed by atoms with Crippen molar-refractivity contribution in [2.75, 3.05) is 75.9 Å². The molecule has 14 heteroatoms. The van der Waals surface area contributed by atoms with Crippen LogP contribution in [0.1, 0.15) is 64.7 Å². The molecule has 302 valence electrons. The maximum atomic E-state index is 11.8. The average Bonchev–Trinajstić information content (AvgIpc) is 3.75. The topological polar surface area (TPSA) is 97.0 Å². The van der Waals surface area contributed by atoms with Crippen molar-refractivity contribution in [1.82, 2.24) is 14.7 Å². The molecule has 3 N–H and O–H groups in total. The molecule has 54 heavy (non-hydrogen) atoms. The smallest absolute Gasteiger partial charge is 0.238 e. The number of anilines is 3. The summed E-state index contributed by atoms with van der Waals surface area (Å²) >= 11 is 30.0. The number of likely N-dealkylation sites (tertiary alicyclic amines) is 2. The Bertz CT molecular complexity index is 1610. The normalized spacial score (nSPS) is 13.5. The largest absolute Gasteiger partial charge is 0.325 e. The number of likely N-dealkylation sites (N-methyl/N-ethyl adjacent to an activating group) is 1. The van der Waals surface area contributed by atoms with E-state index < -0.39 is 0 Å². The Hall–Kier alpha value is -2.60. The third-order valence-electron chi connectivity index (χ3n) is 8.18. The number of aryl methyl sites for hydroxylation is 1. The van der Waals surface area contributed by atoms with E-state index in [2.05, 4.69) is 25.8 Å². The summed E-state index contributed by atoms with van der Waals surface area (Å²) in [5, 5.41) is 11.4. The Labute approximate surface area is 349 Å². The number of amides is 3. The quantitative estimate of drug-likeness (QED) is 0.198. The molecule has 3 aromatic carbocycles. The van der Waals surface area contributed by atoms with Gasteiger partial charge in [-0.2, -0.15) is 0 Å². The summed E-state index contributed by atoms with van der Waals surface area (Å²) in [6.07, 6.45) is 4.75. The average molecular weight is 849 g/mol. The van der Waals surface area contributed by atoms with Gasteiger partial charge >= 0.3 is 0 Å². The van der Waals surface area contributed by atoms with Crippen molar-refractivity contribution in [2.24, 2.45) is 0 Å². The lowest BCUT2D eigenvalue weighted by Crippen LogP contribution is -2.30. The summed E-state index contributed by atoms with van der Waals surface area (Å²) < 4.78 is 0. The van der Waals surface area contributed by atoms with Crippen molar-refractivity contribution in [3.63, 3.8) is 0 Å². The summed E-state index contributed by atoms with van der Waals surface area (Å²) in [5.41, 5.74) is 4.70. The number of halogens is 5. The number of nitrogens with one attached hydrogen (secondary N) is 3. The summed E-state index contributed by atoms with van der Waals surface area (Å²) in [5.74, 6) is -0.0827. The van der Waals surface area contributed by atoms with Crippen LogP contribution in [-0.2, 0) is 14.4 Å². The molecule has 0 radical (unpaired) electrons. The van der Waals surface area contributed by atoms with Crippen LogP contribution < -0.4 is 16.0 Å². The van der Waals surface area contributed by atoms with Gasteiger partial charge in [0.15, 0.2) is 0 Å². The van der Waals surface area contributed by atoms with Crippen LogP contribution in [0.5, 0.6) is 0 Å². The molecule has 2 heterocycles. The van der Waals surface area contributed by atoms with Gasteiger partial charge in [-0.3, -0.25) is 24.2 Å². The number of nitrogens with zero attached hydrogens (tertiary/aromatic N) is 3. The van der Waals surface area contributed by atoms with Crippen molar-refractivity contribution < 1.29 is 14.4 Å². The SMILES string of the molecule is C.C.C.Cc1c(Cl)cc(NC(=O)CN(C)C)cc1Cl.Cc1c(Cl)cc(NC(=O)CN2CCCC2)cc1Cl.Cc1ccc(NC(=O)CN2CCCC2)cc1Cl. The molecule has 5 rings (SSSR count). The van der Waals surface area contributed by atoms with Gasteiger partial charge in [0.2, 0.25) is 17.7 Å². The second kappa shape index (κ2) is 25.5. The van der Waals surface area contributed by atoms with Crippen molar-refractivity contribution in [1.29, 1.82) is 0 Å². The van der Waals surface area contributed by atoms with E-state index in [9.17, 15) is 14.4 Å². The zero-order valence-corrected chi connectivity index (χ0v) is 33.6. The van der Waals surface area contributed by atoms with Gasteiger partial charge < -0.3 is 20.9 Å². The Morgan fingerprint density at radius 2 is 0.889 bits per heavy atom. The predicted octanol–water partition coefficient (Wildman–Crippen LogP) is 10.7. The van der Waals surface area contributed by atoms with Crippen molar-refractivity contribution >= 4 is 92.8 Å². The van der Waals surface area contributed by atoms with Crippen LogP contribution in [0.2, 0.25) is 25.1 Å². The van der Waals surface area contributed by atoms with E-state index in [4.69, 9.17) is 58.0 Å². The lowest BCUT2D eigenvalue weighted by Gasteiger charge is -2.14. The Kier molecular flexibility index (Phi) is 24.3. The third-order valence-corrected chi connectivity index (χ3v) is 10.2. The molecule has 0 spiro atoms. The summed E-state index contributed by atoms with van der Waals surface area (Å²) in [4.78, 5) is 41.2. The molecular formula is C40H59Cl5N6O3. The van der Waals surface area contributed by atoms with Crippen LogP contribution in [0, 0.1) is 20.8 Å². The lowest BCUT2D eigenvalue weighted by atomic mass is 10.2. The molecule has 0 atom stereocenters. The van der Waals surface area contributed by atoms with Gasteiger partial charge in [0.05, 0.1) is 19.6 Å². The van der Waals surface area contributed by atoms with Crippen LogP contribution in [0.15, 0.2) is 42.5 Å². The Morgan fingerprint density at radius 3 is 1.24 bits per heavy atom. The van der Waals surface area contributed by atoms with Gasteiger partial charge in [0.25, 0.3) is 0 Å². The first-order valence-electron chi connectivity index (χ1n) is 16.8. The maximum Gasteiger partial charge on any atom is 0.238 e. The molecule has 2 aliphatic rings. The number of benzene rings is 3. The first kappa shape index (κ1) is 51.4. The maximum absolute atomic E-state index is 11.8. The molecule has 2 saturated heterocycles. The highest BCUT2D eigenvalue weighted by Gasteiger charge is 2.17. The highest BCUT2D eigenvalue weighted by Crippen LogP contribution is 2.29. The van der Waals surface area contributed by atoms with E-state index >= 15 is 0 Å². The predicted molar refractivity (Wildman–Crippen MR) is 235 cm³/mol. The van der Waals surface area contributed by atoms with Gasteiger partial charge in [-0.05, 0) is 140 Å².